The highest BCUT2D eigenvalue weighted by atomic mass is 16.5. The molecule has 0 radical (unpaired) electrons. The molecule has 3 heterocycles. The number of benzene rings is 1. The molecule has 5 heteroatoms. The van der Waals surface area contributed by atoms with Crippen LogP contribution in [0.15, 0.2) is 48.7 Å². The lowest BCUT2D eigenvalue weighted by Gasteiger charge is -2.43. The molecule has 0 amide bonds. The summed E-state index contributed by atoms with van der Waals surface area (Å²) in [5.74, 6) is -2.04. The number of ether oxygens (including phenoxy) is 2. The number of nitrogens with zero attached hydrogens (tertiary/aromatic N) is 1. The van der Waals surface area contributed by atoms with Crippen LogP contribution >= 0.6 is 0 Å². The Hall–Kier alpha value is -2.69. The van der Waals surface area contributed by atoms with Crippen LogP contribution in [0.4, 0.5) is 0 Å². The molecule has 0 saturated heterocycles. The Bertz CT molecular complexity index is 745. The molecule has 2 aliphatic heterocycles. The van der Waals surface area contributed by atoms with Gasteiger partial charge in [0.15, 0.2) is 17.9 Å². The van der Waals surface area contributed by atoms with Crippen LogP contribution in [0.3, 0.4) is 0 Å². The zero-order chi connectivity index (χ0) is 18.3. The Balaban J connectivity index is 1.94. The third kappa shape index (κ3) is 2.34. The molecule has 2 bridgehead atoms. The number of hydrogen-bond acceptors (Lipinski definition) is 4. The van der Waals surface area contributed by atoms with Crippen molar-refractivity contribution in [3.05, 3.63) is 65.5 Å². The molecule has 0 spiro atoms. The van der Waals surface area contributed by atoms with E-state index >= 15 is 0 Å². The van der Waals surface area contributed by atoms with Crippen molar-refractivity contribution >= 4 is 11.9 Å². The second kappa shape index (κ2) is 6.56. The number of aromatic nitrogens is 1. The van der Waals surface area contributed by atoms with Crippen molar-refractivity contribution in [2.75, 3.05) is 13.2 Å². The first-order valence-electron chi connectivity index (χ1n) is 9.11. The maximum absolute atomic E-state index is 12.9. The van der Waals surface area contributed by atoms with E-state index in [1.54, 1.807) is 13.8 Å². The van der Waals surface area contributed by atoms with Gasteiger partial charge in [-0.15, -0.1) is 0 Å². The Morgan fingerprint density at radius 1 is 0.885 bits per heavy atom. The first-order chi connectivity index (χ1) is 12.7. The van der Waals surface area contributed by atoms with Crippen molar-refractivity contribution in [2.24, 2.45) is 11.8 Å². The minimum atomic E-state index is -0.589. The molecule has 1 aromatic heterocycles. The lowest BCUT2D eigenvalue weighted by Crippen LogP contribution is -2.62. The molecule has 0 saturated carbocycles. The highest BCUT2D eigenvalue weighted by Gasteiger charge is 2.61. The fourth-order valence-electron chi connectivity index (χ4n) is 4.54. The van der Waals surface area contributed by atoms with E-state index in [1.165, 1.54) is 0 Å². The molecule has 0 unspecified atom stereocenters. The smallest absolute Gasteiger partial charge is 0.317 e. The van der Waals surface area contributed by atoms with E-state index in [1.807, 2.05) is 42.6 Å². The Morgan fingerprint density at radius 3 is 2.19 bits per heavy atom. The predicted octanol–water partition coefficient (Wildman–Crippen LogP) is 2.38. The van der Waals surface area contributed by atoms with Gasteiger partial charge in [-0.25, -0.2) is 0 Å². The molecule has 26 heavy (non-hydrogen) atoms. The molecule has 0 fully saturated rings. The summed E-state index contributed by atoms with van der Waals surface area (Å²) >= 11 is 0. The molecule has 4 atom stereocenters. The molecule has 2 aromatic rings. The number of carbonyl (C=O) groups is 2. The molecule has 1 aliphatic carbocycles. The van der Waals surface area contributed by atoms with Crippen molar-refractivity contribution in [3.8, 4) is 0 Å². The summed E-state index contributed by atoms with van der Waals surface area (Å²) in [6.45, 7) is 4.15. The quantitative estimate of drug-likeness (QED) is 0.626. The summed E-state index contributed by atoms with van der Waals surface area (Å²) in [5.41, 5.74) is 3.22. The second-order valence-corrected chi connectivity index (χ2v) is 6.64. The van der Waals surface area contributed by atoms with Gasteiger partial charge in [-0.2, -0.15) is 4.57 Å². The monoisotopic (exact) mass is 352 g/mol. The summed E-state index contributed by atoms with van der Waals surface area (Å²) in [6.07, 6.45) is 1.98. The van der Waals surface area contributed by atoms with Gasteiger partial charge in [-0.05, 0) is 19.4 Å². The van der Waals surface area contributed by atoms with Gasteiger partial charge >= 0.3 is 11.9 Å². The third-order valence-electron chi connectivity index (χ3n) is 5.39. The molecule has 5 rings (SSSR count). The molecular weight excluding hydrogens is 330 g/mol. The maximum atomic E-state index is 12.9. The minimum absolute atomic E-state index is 0.217. The van der Waals surface area contributed by atoms with Gasteiger partial charge < -0.3 is 9.47 Å². The standard InChI is InChI=1S/C21H22NO4/c1-3-25-20(23)17-16-13-9-5-6-10-14(13)19(18(17)21(24)26-4-2)22-12-8-7-11-15(16)22/h5-12,16-19H,3-4H2,1-2H3/q+1/t16-,17+,18+,19-/m0/s1. The average Bonchev–Trinajstić information content (AvgIpc) is 2.67. The molecular formula is C21H22NO4+. The zero-order valence-electron chi connectivity index (χ0n) is 14.9. The SMILES string of the molecule is CCOC(=O)[C@@H]1[C@H]2c3ccccc3[C@@H]([C@@H]1C(=O)OCC)[n+]1ccccc12. The lowest BCUT2D eigenvalue weighted by molar-refractivity contribution is -0.737. The summed E-state index contributed by atoms with van der Waals surface area (Å²) in [7, 11) is 0. The number of carbonyl (C=O) groups excluding carboxylic acids is 2. The number of hydrogen-bond donors (Lipinski definition) is 0. The van der Waals surface area contributed by atoms with E-state index in [2.05, 4.69) is 10.6 Å². The van der Waals surface area contributed by atoms with Gasteiger partial charge in [0, 0.05) is 17.7 Å². The summed E-state index contributed by atoms with van der Waals surface area (Å²) in [6, 6.07) is 13.7. The zero-order valence-corrected chi connectivity index (χ0v) is 14.9. The number of rotatable bonds is 4. The van der Waals surface area contributed by atoms with Gasteiger partial charge in [0.1, 0.15) is 5.92 Å². The van der Waals surface area contributed by atoms with E-state index in [-0.39, 0.29) is 30.5 Å². The van der Waals surface area contributed by atoms with E-state index in [0.717, 1.165) is 16.8 Å². The topological polar surface area (TPSA) is 56.5 Å². The highest BCUT2D eigenvalue weighted by molar-refractivity contribution is 5.85. The second-order valence-electron chi connectivity index (χ2n) is 6.64. The first-order valence-corrected chi connectivity index (χ1v) is 9.11. The Labute approximate surface area is 152 Å². The van der Waals surface area contributed by atoms with Crippen LogP contribution in [0.25, 0.3) is 0 Å². The van der Waals surface area contributed by atoms with Crippen LogP contribution in [-0.2, 0) is 19.1 Å². The van der Waals surface area contributed by atoms with Crippen LogP contribution in [0.5, 0.6) is 0 Å². The van der Waals surface area contributed by atoms with Gasteiger partial charge in [-0.1, -0.05) is 30.3 Å². The van der Waals surface area contributed by atoms with Crippen LogP contribution in [0, 0.1) is 11.8 Å². The average molecular weight is 352 g/mol. The van der Waals surface area contributed by atoms with Crippen molar-refractivity contribution in [1.29, 1.82) is 0 Å². The largest absolute Gasteiger partial charge is 0.466 e. The molecule has 1 aromatic carbocycles. The van der Waals surface area contributed by atoms with E-state index < -0.39 is 11.8 Å². The van der Waals surface area contributed by atoms with Gasteiger partial charge in [0.05, 0.1) is 25.0 Å². The summed E-state index contributed by atoms with van der Waals surface area (Å²) in [4.78, 5) is 25.8. The Kier molecular flexibility index (Phi) is 4.23. The van der Waals surface area contributed by atoms with Crippen LogP contribution < -0.4 is 4.57 Å². The summed E-state index contributed by atoms with van der Waals surface area (Å²) < 4.78 is 12.8. The molecule has 3 aliphatic rings. The van der Waals surface area contributed by atoms with Gasteiger partial charge in [-0.3, -0.25) is 9.59 Å². The number of pyridine rings is 1. The fraction of sp³-hybridized carbons (Fsp3) is 0.381. The van der Waals surface area contributed by atoms with E-state index in [9.17, 15) is 9.59 Å². The third-order valence-corrected chi connectivity index (χ3v) is 5.39. The first kappa shape index (κ1) is 16.8. The van der Waals surface area contributed by atoms with Crippen molar-refractivity contribution in [1.82, 2.24) is 0 Å². The van der Waals surface area contributed by atoms with Crippen LogP contribution in [0.2, 0.25) is 0 Å². The number of esters is 2. The van der Waals surface area contributed by atoms with E-state index in [4.69, 9.17) is 9.47 Å². The molecule has 5 nitrogen and oxygen atoms in total. The van der Waals surface area contributed by atoms with Crippen LogP contribution in [-0.4, -0.2) is 25.2 Å². The van der Waals surface area contributed by atoms with Crippen molar-refractivity contribution < 1.29 is 23.6 Å². The Morgan fingerprint density at radius 2 is 1.50 bits per heavy atom. The normalized spacial score (nSPS) is 25.2. The van der Waals surface area contributed by atoms with Crippen LogP contribution in [0.1, 0.15) is 42.6 Å². The van der Waals surface area contributed by atoms with Crippen molar-refractivity contribution in [2.45, 2.75) is 25.8 Å². The number of fused-ring (bicyclic) bond motifs is 1. The maximum Gasteiger partial charge on any atom is 0.317 e. The molecule has 134 valence electrons. The lowest BCUT2D eigenvalue weighted by atomic mass is 9.62. The minimum Gasteiger partial charge on any atom is -0.466 e. The molecule has 0 N–H and O–H groups in total. The summed E-state index contributed by atoms with van der Waals surface area (Å²) in [5, 5.41) is 0. The van der Waals surface area contributed by atoms with Gasteiger partial charge in [0.2, 0.25) is 0 Å². The fourth-order valence-corrected chi connectivity index (χ4v) is 4.54. The van der Waals surface area contributed by atoms with Gasteiger partial charge in [0.25, 0.3) is 0 Å². The van der Waals surface area contributed by atoms with E-state index in [0.29, 0.717) is 6.61 Å². The predicted molar refractivity (Wildman–Crippen MR) is 93.3 cm³/mol. The highest BCUT2D eigenvalue weighted by Crippen LogP contribution is 2.52. The van der Waals surface area contributed by atoms with Crippen molar-refractivity contribution in [3.63, 3.8) is 0 Å².